The lowest BCUT2D eigenvalue weighted by atomic mass is 9.73. The second kappa shape index (κ2) is 7.05. The van der Waals surface area contributed by atoms with Gasteiger partial charge in [0.1, 0.15) is 0 Å². The van der Waals surface area contributed by atoms with E-state index in [-0.39, 0.29) is 0 Å². The summed E-state index contributed by atoms with van der Waals surface area (Å²) in [4.78, 5) is 2.55. The molecule has 19 heavy (non-hydrogen) atoms. The largest absolute Gasteiger partial charge is 0.381 e. The predicted molar refractivity (Wildman–Crippen MR) is 80.1 cm³/mol. The molecule has 0 radical (unpaired) electrons. The molecule has 3 nitrogen and oxygen atoms in total. The average molecular weight is 268 g/mol. The molecule has 1 aliphatic heterocycles. The third kappa shape index (κ3) is 4.17. The Bertz CT molecular complexity index is 263. The summed E-state index contributed by atoms with van der Waals surface area (Å²) in [6.45, 7) is 7.76. The second-order valence-electron chi connectivity index (χ2n) is 7.02. The van der Waals surface area contributed by atoms with Gasteiger partial charge in [-0.15, -0.1) is 0 Å². The van der Waals surface area contributed by atoms with Crippen LogP contribution in [-0.4, -0.2) is 43.8 Å². The zero-order valence-electron chi connectivity index (χ0n) is 13.0. The Hall–Kier alpha value is -0.120. The standard InChI is InChI=1S/C16H32N2O/c1-12(2)13-4-5-16(17)14(10-13)11-18(3)15-6-8-19-9-7-15/h12-16H,4-11,17H2,1-3H3. The highest BCUT2D eigenvalue weighted by molar-refractivity contribution is 4.86. The molecular formula is C16H32N2O. The van der Waals surface area contributed by atoms with Gasteiger partial charge in [-0.3, -0.25) is 0 Å². The minimum atomic E-state index is 0.414. The summed E-state index contributed by atoms with van der Waals surface area (Å²) in [5.74, 6) is 2.38. The number of nitrogens with zero attached hydrogens (tertiary/aromatic N) is 1. The second-order valence-corrected chi connectivity index (χ2v) is 7.02. The topological polar surface area (TPSA) is 38.5 Å². The van der Waals surface area contributed by atoms with Crippen LogP contribution < -0.4 is 5.73 Å². The summed E-state index contributed by atoms with van der Waals surface area (Å²) in [7, 11) is 2.28. The highest BCUT2D eigenvalue weighted by Crippen LogP contribution is 2.34. The van der Waals surface area contributed by atoms with Gasteiger partial charge in [0, 0.05) is 31.8 Å². The van der Waals surface area contributed by atoms with Crippen molar-refractivity contribution in [2.45, 2.75) is 58.0 Å². The van der Waals surface area contributed by atoms with Gasteiger partial charge in [0.15, 0.2) is 0 Å². The smallest absolute Gasteiger partial charge is 0.0480 e. The van der Waals surface area contributed by atoms with Gasteiger partial charge in [-0.05, 0) is 56.9 Å². The van der Waals surface area contributed by atoms with Gasteiger partial charge in [-0.2, -0.15) is 0 Å². The van der Waals surface area contributed by atoms with Crippen molar-refractivity contribution >= 4 is 0 Å². The van der Waals surface area contributed by atoms with Crippen LogP contribution >= 0.6 is 0 Å². The number of nitrogens with two attached hydrogens (primary N) is 1. The van der Waals surface area contributed by atoms with Crippen molar-refractivity contribution in [2.24, 2.45) is 23.5 Å². The number of rotatable bonds is 4. The van der Waals surface area contributed by atoms with Crippen molar-refractivity contribution in [3.05, 3.63) is 0 Å². The maximum atomic E-state index is 6.37. The van der Waals surface area contributed by atoms with E-state index < -0.39 is 0 Å². The van der Waals surface area contributed by atoms with E-state index in [0.29, 0.717) is 18.0 Å². The lowest BCUT2D eigenvalue weighted by molar-refractivity contribution is 0.0315. The fourth-order valence-electron chi connectivity index (χ4n) is 3.78. The summed E-state index contributed by atoms with van der Waals surface area (Å²) in [6.07, 6.45) is 6.25. The van der Waals surface area contributed by atoms with Gasteiger partial charge in [-0.25, -0.2) is 0 Å². The van der Waals surface area contributed by atoms with Crippen LogP contribution in [0.25, 0.3) is 0 Å². The first-order valence-corrected chi connectivity index (χ1v) is 8.11. The van der Waals surface area contributed by atoms with Gasteiger partial charge < -0.3 is 15.4 Å². The molecule has 2 aliphatic rings. The highest BCUT2D eigenvalue weighted by Gasteiger charge is 2.31. The summed E-state index contributed by atoms with van der Waals surface area (Å²) in [5.41, 5.74) is 6.37. The van der Waals surface area contributed by atoms with Crippen molar-refractivity contribution in [3.63, 3.8) is 0 Å². The molecule has 112 valence electrons. The lowest BCUT2D eigenvalue weighted by Gasteiger charge is -2.40. The van der Waals surface area contributed by atoms with Crippen molar-refractivity contribution < 1.29 is 4.74 Å². The number of hydrogen-bond acceptors (Lipinski definition) is 3. The fraction of sp³-hybridized carbons (Fsp3) is 1.00. The molecular weight excluding hydrogens is 236 g/mol. The van der Waals surface area contributed by atoms with Crippen LogP contribution in [0.3, 0.4) is 0 Å². The average Bonchev–Trinajstić information content (AvgIpc) is 2.42. The minimum absolute atomic E-state index is 0.414. The van der Waals surface area contributed by atoms with E-state index in [1.807, 2.05) is 0 Å². The molecule has 0 aromatic rings. The van der Waals surface area contributed by atoms with Crippen LogP contribution in [0.2, 0.25) is 0 Å². The van der Waals surface area contributed by atoms with E-state index in [2.05, 4.69) is 25.8 Å². The zero-order valence-corrected chi connectivity index (χ0v) is 13.0. The first-order chi connectivity index (χ1) is 9.08. The quantitative estimate of drug-likeness (QED) is 0.851. The maximum Gasteiger partial charge on any atom is 0.0480 e. The first kappa shape index (κ1) is 15.3. The summed E-state index contributed by atoms with van der Waals surface area (Å²) in [5, 5.41) is 0. The van der Waals surface area contributed by atoms with Crippen molar-refractivity contribution in [1.29, 1.82) is 0 Å². The molecule has 0 spiro atoms. The molecule has 0 aromatic carbocycles. The summed E-state index contributed by atoms with van der Waals surface area (Å²) < 4.78 is 5.46. The Balaban J connectivity index is 1.85. The third-order valence-corrected chi connectivity index (χ3v) is 5.36. The van der Waals surface area contributed by atoms with Crippen LogP contribution in [-0.2, 0) is 4.74 Å². The lowest BCUT2D eigenvalue weighted by Crippen LogP contribution is -2.46. The van der Waals surface area contributed by atoms with Crippen LogP contribution in [0, 0.1) is 17.8 Å². The van der Waals surface area contributed by atoms with Gasteiger partial charge >= 0.3 is 0 Å². The van der Waals surface area contributed by atoms with E-state index in [1.54, 1.807) is 0 Å². The molecule has 1 aliphatic carbocycles. The SMILES string of the molecule is CC(C)C1CCC(N)C(CN(C)C2CCOCC2)C1. The molecule has 1 heterocycles. The molecule has 1 saturated carbocycles. The zero-order chi connectivity index (χ0) is 13.8. The Morgan fingerprint density at radius 3 is 2.47 bits per heavy atom. The van der Waals surface area contributed by atoms with E-state index in [9.17, 15) is 0 Å². The Morgan fingerprint density at radius 2 is 1.84 bits per heavy atom. The van der Waals surface area contributed by atoms with Crippen LogP contribution in [0.4, 0.5) is 0 Å². The van der Waals surface area contributed by atoms with E-state index in [4.69, 9.17) is 10.5 Å². The molecule has 3 heteroatoms. The predicted octanol–water partition coefficient (Wildman–Crippen LogP) is 2.50. The molecule has 1 saturated heterocycles. The first-order valence-electron chi connectivity index (χ1n) is 8.11. The Morgan fingerprint density at radius 1 is 1.16 bits per heavy atom. The monoisotopic (exact) mass is 268 g/mol. The third-order valence-electron chi connectivity index (χ3n) is 5.36. The van der Waals surface area contributed by atoms with Gasteiger partial charge in [0.2, 0.25) is 0 Å². The van der Waals surface area contributed by atoms with Crippen molar-refractivity contribution in [1.82, 2.24) is 4.90 Å². The Labute approximate surface area is 118 Å². The van der Waals surface area contributed by atoms with Crippen LogP contribution in [0.15, 0.2) is 0 Å². The highest BCUT2D eigenvalue weighted by atomic mass is 16.5. The molecule has 2 rings (SSSR count). The van der Waals surface area contributed by atoms with Crippen LogP contribution in [0.5, 0.6) is 0 Å². The van der Waals surface area contributed by atoms with Crippen molar-refractivity contribution in [3.8, 4) is 0 Å². The molecule has 3 atom stereocenters. The summed E-state index contributed by atoms with van der Waals surface area (Å²) >= 11 is 0. The molecule has 3 unspecified atom stereocenters. The molecule has 0 bridgehead atoms. The van der Waals surface area contributed by atoms with Gasteiger partial charge in [0.25, 0.3) is 0 Å². The maximum absolute atomic E-state index is 6.37. The number of ether oxygens (including phenoxy) is 1. The van der Waals surface area contributed by atoms with E-state index >= 15 is 0 Å². The Kier molecular flexibility index (Phi) is 5.67. The molecule has 2 fully saturated rings. The normalized spacial score (nSPS) is 34.1. The van der Waals surface area contributed by atoms with E-state index in [0.717, 1.165) is 25.0 Å². The molecule has 2 N–H and O–H groups in total. The van der Waals surface area contributed by atoms with E-state index in [1.165, 1.54) is 38.6 Å². The molecule has 0 amide bonds. The summed E-state index contributed by atoms with van der Waals surface area (Å²) in [6, 6.07) is 1.12. The number of hydrogen-bond donors (Lipinski definition) is 1. The van der Waals surface area contributed by atoms with Gasteiger partial charge in [-0.1, -0.05) is 13.8 Å². The minimum Gasteiger partial charge on any atom is -0.381 e. The molecule has 0 aromatic heterocycles. The van der Waals surface area contributed by atoms with Crippen LogP contribution in [0.1, 0.15) is 46.0 Å². The fourth-order valence-corrected chi connectivity index (χ4v) is 3.78. The van der Waals surface area contributed by atoms with Gasteiger partial charge in [0.05, 0.1) is 0 Å². The van der Waals surface area contributed by atoms with Crippen molar-refractivity contribution in [2.75, 3.05) is 26.8 Å².